The molecule has 3 aromatic rings. The van der Waals surface area contributed by atoms with Crippen LogP contribution >= 0.6 is 0 Å². The number of rotatable bonds is 12. The minimum Gasteiger partial charge on any atom is -0.390 e. The van der Waals surface area contributed by atoms with Crippen LogP contribution in [0.5, 0.6) is 0 Å². The highest BCUT2D eigenvalue weighted by molar-refractivity contribution is 6.01. The van der Waals surface area contributed by atoms with Crippen molar-refractivity contribution in [3.05, 3.63) is 65.5 Å². The molecule has 0 bridgehead atoms. The van der Waals surface area contributed by atoms with E-state index < -0.39 is 47.1 Å². The SMILES string of the molecule is CCn1nccc1C(=O)N[C@H](C(=O)Nc1ccc([C@H](C)[C@@H](NC(=O)c2ccnn2C2CCOCC2)C(=O)N2CCC(C)(O)CC2)cc1F)C1CCC(C)CC1. The van der Waals surface area contributed by atoms with Gasteiger partial charge in [-0.15, -0.1) is 0 Å². The predicted octanol–water partition coefficient (Wildman–Crippen LogP) is 4.43. The fraction of sp³-hybridized carbons (Fsp3) is 0.600. The average Bonchev–Trinajstić information content (AvgIpc) is 3.88. The van der Waals surface area contributed by atoms with E-state index in [4.69, 9.17) is 4.74 Å². The zero-order chi connectivity index (χ0) is 39.3. The summed E-state index contributed by atoms with van der Waals surface area (Å²) >= 11 is 0. The fourth-order valence-electron chi connectivity index (χ4n) is 8.06. The molecule has 2 saturated heterocycles. The number of anilines is 1. The molecule has 0 spiro atoms. The Morgan fingerprint density at radius 3 is 2.27 bits per heavy atom. The Balaban J connectivity index is 1.21. The quantitative estimate of drug-likeness (QED) is 0.210. The molecule has 6 rings (SSSR count). The van der Waals surface area contributed by atoms with Crippen molar-refractivity contribution >= 4 is 29.3 Å². The van der Waals surface area contributed by atoms with E-state index in [9.17, 15) is 24.3 Å². The lowest BCUT2D eigenvalue weighted by Crippen LogP contribution is -2.54. The number of nitrogens with zero attached hydrogens (tertiary/aromatic N) is 5. The number of amides is 4. The molecule has 14 nitrogen and oxygen atoms in total. The highest BCUT2D eigenvalue weighted by Crippen LogP contribution is 2.32. The van der Waals surface area contributed by atoms with Gasteiger partial charge in [-0.25, -0.2) is 4.39 Å². The maximum absolute atomic E-state index is 16.0. The molecule has 4 N–H and O–H groups in total. The number of benzene rings is 1. The normalized spacial score (nSPS) is 22.0. The summed E-state index contributed by atoms with van der Waals surface area (Å²) in [4.78, 5) is 56.9. The highest BCUT2D eigenvalue weighted by Gasteiger charge is 2.38. The number of likely N-dealkylation sites (tertiary alicyclic amines) is 1. The van der Waals surface area contributed by atoms with Gasteiger partial charge in [-0.1, -0.05) is 32.8 Å². The number of carbonyl (C=O) groups is 4. The van der Waals surface area contributed by atoms with E-state index in [1.54, 1.807) is 52.5 Å². The van der Waals surface area contributed by atoms with Crippen LogP contribution in [0.4, 0.5) is 10.1 Å². The molecule has 3 aliphatic rings. The van der Waals surface area contributed by atoms with Gasteiger partial charge in [-0.3, -0.25) is 28.5 Å². The molecular formula is C40H55FN8O6. The van der Waals surface area contributed by atoms with Crippen LogP contribution in [0.15, 0.2) is 42.7 Å². The molecule has 0 unspecified atom stereocenters. The first-order chi connectivity index (χ1) is 26.3. The Kier molecular flexibility index (Phi) is 12.7. The molecule has 4 heterocycles. The standard InChI is InChI=1S/C40H55FN8O6/c1-5-48-32(12-18-42-48)36(50)46-35(27-8-6-25(2)7-9-27)38(52)44-31-11-10-28(24-30(31)41)26(3)34(39(53)47-20-16-40(4,54)17-21-47)45-37(51)33-13-19-43-49(33)29-14-22-55-23-15-29/h10-13,18-19,24-27,29,34-35,54H,5-9,14-17,20-23H2,1-4H3,(H,44,52)(H,45,51)(H,46,50)/t25?,26-,27?,34+,35-/m0/s1. The molecule has 3 atom stereocenters. The van der Waals surface area contributed by atoms with Gasteiger partial charge in [0.25, 0.3) is 11.8 Å². The first-order valence-electron chi connectivity index (χ1n) is 19.7. The van der Waals surface area contributed by atoms with E-state index in [1.807, 2.05) is 6.92 Å². The number of ether oxygens (including phenoxy) is 1. The van der Waals surface area contributed by atoms with Crippen LogP contribution in [0.1, 0.15) is 118 Å². The lowest BCUT2D eigenvalue weighted by molar-refractivity contribution is -0.137. The van der Waals surface area contributed by atoms with Crippen LogP contribution in [-0.4, -0.2) is 97.2 Å². The lowest BCUT2D eigenvalue weighted by atomic mass is 9.79. The number of halogens is 1. The van der Waals surface area contributed by atoms with Crippen LogP contribution < -0.4 is 16.0 Å². The van der Waals surface area contributed by atoms with Gasteiger partial charge in [0, 0.05) is 51.2 Å². The molecular weight excluding hydrogens is 707 g/mol. The van der Waals surface area contributed by atoms with Gasteiger partial charge in [-0.2, -0.15) is 10.2 Å². The first-order valence-corrected chi connectivity index (χ1v) is 19.7. The number of aliphatic hydroxyl groups is 1. The van der Waals surface area contributed by atoms with Crippen molar-refractivity contribution in [3.8, 4) is 0 Å². The molecule has 1 aromatic carbocycles. The van der Waals surface area contributed by atoms with Gasteiger partial charge in [0.15, 0.2) is 0 Å². The largest absolute Gasteiger partial charge is 0.390 e. The summed E-state index contributed by atoms with van der Waals surface area (Å²) in [6.07, 6.45) is 8.61. The van der Waals surface area contributed by atoms with Crippen molar-refractivity contribution in [1.82, 2.24) is 35.1 Å². The minimum atomic E-state index is -1.07. The smallest absolute Gasteiger partial charge is 0.270 e. The summed E-state index contributed by atoms with van der Waals surface area (Å²) in [7, 11) is 0. The van der Waals surface area contributed by atoms with Crippen LogP contribution in [0.2, 0.25) is 0 Å². The Morgan fingerprint density at radius 2 is 1.60 bits per heavy atom. The number of aryl methyl sites for hydroxylation is 1. The summed E-state index contributed by atoms with van der Waals surface area (Å²) in [5, 5.41) is 27.7. The predicted molar refractivity (Wildman–Crippen MR) is 203 cm³/mol. The molecule has 4 amide bonds. The van der Waals surface area contributed by atoms with Crippen molar-refractivity contribution in [3.63, 3.8) is 0 Å². The van der Waals surface area contributed by atoms with E-state index >= 15 is 4.39 Å². The third-order valence-electron chi connectivity index (χ3n) is 11.8. The number of hydrogen-bond acceptors (Lipinski definition) is 8. The molecule has 15 heteroatoms. The maximum atomic E-state index is 16.0. The van der Waals surface area contributed by atoms with Crippen LogP contribution in [-0.2, 0) is 20.9 Å². The summed E-state index contributed by atoms with van der Waals surface area (Å²) in [5.41, 5.74) is 0.142. The topological polar surface area (TPSA) is 173 Å². The van der Waals surface area contributed by atoms with Gasteiger partial charge in [-0.05, 0) is 94.0 Å². The molecule has 2 aliphatic heterocycles. The van der Waals surface area contributed by atoms with Crippen molar-refractivity contribution in [1.29, 1.82) is 0 Å². The highest BCUT2D eigenvalue weighted by atomic mass is 19.1. The van der Waals surface area contributed by atoms with E-state index in [0.29, 0.717) is 81.4 Å². The van der Waals surface area contributed by atoms with Gasteiger partial charge < -0.3 is 30.7 Å². The minimum absolute atomic E-state index is 0.0216. The average molecular weight is 763 g/mol. The van der Waals surface area contributed by atoms with Gasteiger partial charge in [0.05, 0.1) is 17.3 Å². The first kappa shape index (κ1) is 40.0. The van der Waals surface area contributed by atoms with Crippen LogP contribution in [0.3, 0.4) is 0 Å². The molecule has 2 aromatic heterocycles. The summed E-state index contributed by atoms with van der Waals surface area (Å²) in [6.45, 7) is 9.76. The van der Waals surface area contributed by atoms with E-state index in [-0.39, 0.29) is 23.6 Å². The zero-order valence-electron chi connectivity index (χ0n) is 32.3. The van der Waals surface area contributed by atoms with Crippen LogP contribution in [0, 0.1) is 17.7 Å². The van der Waals surface area contributed by atoms with Gasteiger partial charge >= 0.3 is 0 Å². The van der Waals surface area contributed by atoms with E-state index in [0.717, 1.165) is 25.7 Å². The van der Waals surface area contributed by atoms with E-state index in [1.165, 1.54) is 18.3 Å². The Bertz CT molecular complexity index is 1820. The van der Waals surface area contributed by atoms with E-state index in [2.05, 4.69) is 33.1 Å². The Hall–Kier alpha value is -4.63. The number of hydrogen-bond donors (Lipinski definition) is 4. The lowest BCUT2D eigenvalue weighted by Gasteiger charge is -2.38. The van der Waals surface area contributed by atoms with Crippen molar-refractivity contribution < 1.29 is 33.4 Å². The molecule has 55 heavy (non-hydrogen) atoms. The zero-order valence-corrected chi connectivity index (χ0v) is 32.3. The third-order valence-corrected chi connectivity index (χ3v) is 11.8. The summed E-state index contributed by atoms with van der Waals surface area (Å²) < 4.78 is 24.7. The summed E-state index contributed by atoms with van der Waals surface area (Å²) in [6, 6.07) is 5.60. The summed E-state index contributed by atoms with van der Waals surface area (Å²) in [5.74, 6) is -2.76. The maximum Gasteiger partial charge on any atom is 0.270 e. The van der Waals surface area contributed by atoms with Crippen molar-refractivity contribution in [2.75, 3.05) is 31.6 Å². The molecule has 1 aliphatic carbocycles. The fourth-order valence-corrected chi connectivity index (χ4v) is 8.06. The monoisotopic (exact) mass is 762 g/mol. The second-order valence-electron chi connectivity index (χ2n) is 15.8. The number of piperidine rings is 1. The molecule has 298 valence electrons. The molecule has 0 radical (unpaired) electrons. The molecule has 3 fully saturated rings. The number of aromatic nitrogens is 4. The third kappa shape index (κ3) is 9.43. The molecule has 1 saturated carbocycles. The number of nitrogens with one attached hydrogen (secondary N) is 3. The second-order valence-corrected chi connectivity index (χ2v) is 15.8. The Labute approximate surface area is 321 Å². The van der Waals surface area contributed by atoms with Gasteiger partial charge in [0.1, 0.15) is 29.3 Å². The van der Waals surface area contributed by atoms with Crippen molar-refractivity contribution in [2.45, 2.75) is 115 Å². The van der Waals surface area contributed by atoms with Crippen molar-refractivity contribution in [2.24, 2.45) is 11.8 Å². The Morgan fingerprint density at radius 1 is 0.945 bits per heavy atom. The van der Waals surface area contributed by atoms with Gasteiger partial charge in [0.2, 0.25) is 11.8 Å². The number of carbonyl (C=O) groups excluding carboxylic acids is 4. The van der Waals surface area contributed by atoms with Crippen LogP contribution in [0.25, 0.3) is 0 Å². The second kappa shape index (κ2) is 17.4.